The molecule has 4 aromatic rings. The zero-order valence-corrected chi connectivity index (χ0v) is 20.9. The lowest BCUT2D eigenvalue weighted by molar-refractivity contribution is 0.249. The minimum absolute atomic E-state index is 0.815. The molecule has 1 saturated heterocycles. The van der Waals surface area contributed by atoms with Gasteiger partial charge in [-0.2, -0.15) is 0 Å². The van der Waals surface area contributed by atoms with Gasteiger partial charge in [0.05, 0.1) is 5.39 Å². The molecule has 4 heterocycles. The minimum Gasteiger partial charge on any atom is -0.353 e. The number of hydrogen-bond donors (Lipinski definition) is 0. The molecule has 0 radical (unpaired) electrons. The third-order valence-corrected chi connectivity index (χ3v) is 8.38. The third-order valence-electron chi connectivity index (χ3n) is 6.70. The normalized spacial score (nSPS) is 16.8. The van der Waals surface area contributed by atoms with Crippen molar-refractivity contribution < 1.29 is 0 Å². The molecule has 0 atom stereocenters. The van der Waals surface area contributed by atoms with E-state index < -0.39 is 0 Å². The molecule has 0 spiro atoms. The summed E-state index contributed by atoms with van der Waals surface area (Å²) in [7, 11) is 0. The molecular formula is C26H26BrN5S. The van der Waals surface area contributed by atoms with Crippen LogP contribution in [0.5, 0.6) is 0 Å². The second-order valence-corrected chi connectivity index (χ2v) is 10.9. The van der Waals surface area contributed by atoms with Crippen molar-refractivity contribution >= 4 is 43.3 Å². The molecule has 1 fully saturated rings. The summed E-state index contributed by atoms with van der Waals surface area (Å²) in [6, 6.07) is 12.7. The van der Waals surface area contributed by atoms with E-state index in [0.717, 1.165) is 65.7 Å². The summed E-state index contributed by atoms with van der Waals surface area (Å²) in [5.74, 6) is 1.95. The van der Waals surface area contributed by atoms with E-state index >= 15 is 0 Å². The summed E-state index contributed by atoms with van der Waals surface area (Å²) >= 11 is 5.48. The first-order chi connectivity index (χ1) is 16.2. The Morgan fingerprint density at radius 3 is 2.58 bits per heavy atom. The Labute approximate surface area is 206 Å². The standard InChI is InChI=1S/C26H26BrN5S/c27-20-5-3-4-18(16-20)17-31-12-14-32(15-13-31)25-23-21-6-1-2-7-22(21)33-26(23)30-24(29-25)19-8-10-28-11-9-19/h3-5,8-11,16H,1-2,6-7,12-15,17H2. The van der Waals surface area contributed by atoms with Gasteiger partial charge < -0.3 is 4.90 Å². The first kappa shape index (κ1) is 21.2. The number of fused-ring (bicyclic) bond motifs is 3. The summed E-state index contributed by atoms with van der Waals surface area (Å²) in [4.78, 5) is 22.1. The maximum absolute atomic E-state index is 5.16. The molecule has 5 nitrogen and oxygen atoms in total. The highest BCUT2D eigenvalue weighted by atomic mass is 79.9. The predicted molar refractivity (Wildman–Crippen MR) is 139 cm³/mol. The van der Waals surface area contributed by atoms with Crippen molar-refractivity contribution in [2.75, 3.05) is 31.1 Å². The van der Waals surface area contributed by atoms with E-state index in [2.05, 4.69) is 55.0 Å². The fourth-order valence-electron chi connectivity index (χ4n) is 5.01. The Bertz CT molecular complexity index is 1280. The van der Waals surface area contributed by atoms with Crippen molar-refractivity contribution in [3.05, 3.63) is 69.3 Å². The molecular weight excluding hydrogens is 494 g/mol. The molecule has 7 heteroatoms. The van der Waals surface area contributed by atoms with Crippen LogP contribution in [0.15, 0.2) is 53.3 Å². The van der Waals surface area contributed by atoms with Gasteiger partial charge in [-0.05, 0) is 61.1 Å². The summed E-state index contributed by atoms with van der Waals surface area (Å²) in [6.07, 6.45) is 8.54. The van der Waals surface area contributed by atoms with Crippen molar-refractivity contribution in [3.8, 4) is 11.4 Å². The molecule has 2 aliphatic rings. The number of nitrogens with zero attached hydrogens (tertiary/aromatic N) is 5. The van der Waals surface area contributed by atoms with E-state index in [1.165, 1.54) is 40.7 Å². The Hall–Kier alpha value is -2.35. The molecule has 0 amide bonds. The van der Waals surface area contributed by atoms with Crippen molar-refractivity contribution in [1.82, 2.24) is 19.9 Å². The highest BCUT2D eigenvalue weighted by Crippen LogP contribution is 2.41. The average molecular weight is 521 g/mol. The van der Waals surface area contributed by atoms with E-state index in [-0.39, 0.29) is 0 Å². The molecule has 6 rings (SSSR count). The molecule has 1 aromatic carbocycles. The fourth-order valence-corrected chi connectivity index (χ4v) is 6.71. The van der Waals surface area contributed by atoms with Gasteiger partial charge in [-0.3, -0.25) is 9.88 Å². The minimum atomic E-state index is 0.815. The van der Waals surface area contributed by atoms with Gasteiger partial charge in [0.2, 0.25) is 0 Å². The smallest absolute Gasteiger partial charge is 0.163 e. The van der Waals surface area contributed by atoms with Crippen LogP contribution >= 0.6 is 27.3 Å². The van der Waals surface area contributed by atoms with Crippen LogP contribution in [0.2, 0.25) is 0 Å². The number of rotatable bonds is 4. The predicted octanol–water partition coefficient (Wildman–Crippen LogP) is 5.72. The van der Waals surface area contributed by atoms with E-state index in [4.69, 9.17) is 9.97 Å². The lowest BCUT2D eigenvalue weighted by atomic mass is 9.96. The Morgan fingerprint density at radius 1 is 0.939 bits per heavy atom. The largest absolute Gasteiger partial charge is 0.353 e. The highest BCUT2D eigenvalue weighted by Gasteiger charge is 2.26. The van der Waals surface area contributed by atoms with E-state index in [1.54, 1.807) is 0 Å². The zero-order valence-electron chi connectivity index (χ0n) is 18.5. The number of anilines is 1. The second-order valence-electron chi connectivity index (χ2n) is 8.89. The van der Waals surface area contributed by atoms with Gasteiger partial charge in [0.15, 0.2) is 5.82 Å². The summed E-state index contributed by atoms with van der Waals surface area (Å²) < 4.78 is 1.15. The number of benzene rings is 1. The van der Waals surface area contributed by atoms with Crippen LogP contribution < -0.4 is 4.90 Å². The van der Waals surface area contributed by atoms with Crippen LogP contribution in [0.3, 0.4) is 0 Å². The third kappa shape index (κ3) is 4.29. The molecule has 0 bridgehead atoms. The van der Waals surface area contributed by atoms with Gasteiger partial charge in [0.25, 0.3) is 0 Å². The van der Waals surface area contributed by atoms with Gasteiger partial charge in [-0.15, -0.1) is 11.3 Å². The van der Waals surface area contributed by atoms with Gasteiger partial charge >= 0.3 is 0 Å². The van der Waals surface area contributed by atoms with Crippen LogP contribution in [-0.2, 0) is 19.4 Å². The molecule has 0 saturated carbocycles. The van der Waals surface area contributed by atoms with Gasteiger partial charge in [0.1, 0.15) is 10.6 Å². The van der Waals surface area contributed by atoms with Crippen molar-refractivity contribution in [2.24, 2.45) is 0 Å². The second kappa shape index (κ2) is 9.12. The molecule has 0 N–H and O–H groups in total. The number of hydrogen-bond acceptors (Lipinski definition) is 6. The fraction of sp³-hybridized carbons (Fsp3) is 0.346. The average Bonchev–Trinajstić information content (AvgIpc) is 3.23. The number of aromatic nitrogens is 3. The first-order valence-electron chi connectivity index (χ1n) is 11.7. The molecule has 3 aromatic heterocycles. The number of piperazine rings is 1. The van der Waals surface area contributed by atoms with Crippen molar-refractivity contribution in [1.29, 1.82) is 0 Å². The Balaban J connectivity index is 1.32. The summed E-state index contributed by atoms with van der Waals surface area (Å²) in [5.41, 5.74) is 3.90. The van der Waals surface area contributed by atoms with E-state index in [1.807, 2.05) is 35.9 Å². The number of pyridine rings is 1. The van der Waals surface area contributed by atoms with Crippen LogP contribution in [0.1, 0.15) is 28.8 Å². The topological polar surface area (TPSA) is 45.2 Å². The SMILES string of the molecule is Brc1cccc(CN2CCN(c3nc(-c4ccncc4)nc4sc5c(c34)CCCC5)CC2)c1. The van der Waals surface area contributed by atoms with Crippen LogP contribution in [-0.4, -0.2) is 46.0 Å². The molecule has 1 aliphatic heterocycles. The number of halogens is 1. The summed E-state index contributed by atoms with van der Waals surface area (Å²) in [6.45, 7) is 5.04. The Kier molecular flexibility index (Phi) is 5.86. The lowest BCUT2D eigenvalue weighted by Crippen LogP contribution is -2.46. The zero-order chi connectivity index (χ0) is 22.2. The quantitative estimate of drug-likeness (QED) is 0.345. The number of aryl methyl sites for hydroxylation is 2. The van der Waals surface area contributed by atoms with Crippen LogP contribution in [0, 0.1) is 0 Å². The monoisotopic (exact) mass is 519 g/mol. The molecule has 168 valence electrons. The van der Waals surface area contributed by atoms with E-state index in [9.17, 15) is 0 Å². The first-order valence-corrected chi connectivity index (χ1v) is 13.3. The maximum Gasteiger partial charge on any atom is 0.163 e. The molecule has 0 unspecified atom stereocenters. The maximum atomic E-state index is 5.16. The van der Waals surface area contributed by atoms with Gasteiger partial charge in [-0.25, -0.2) is 9.97 Å². The molecule has 33 heavy (non-hydrogen) atoms. The van der Waals surface area contributed by atoms with E-state index in [0.29, 0.717) is 0 Å². The van der Waals surface area contributed by atoms with Crippen LogP contribution in [0.25, 0.3) is 21.6 Å². The Morgan fingerprint density at radius 2 is 1.76 bits per heavy atom. The van der Waals surface area contributed by atoms with Gasteiger partial charge in [-0.1, -0.05) is 28.1 Å². The summed E-state index contributed by atoms with van der Waals surface area (Å²) in [5, 5.41) is 1.31. The highest BCUT2D eigenvalue weighted by molar-refractivity contribution is 9.10. The number of thiophene rings is 1. The van der Waals surface area contributed by atoms with Crippen molar-refractivity contribution in [3.63, 3.8) is 0 Å². The van der Waals surface area contributed by atoms with Crippen LogP contribution in [0.4, 0.5) is 5.82 Å². The van der Waals surface area contributed by atoms with Gasteiger partial charge in [0, 0.05) is 60.0 Å². The molecule has 1 aliphatic carbocycles. The van der Waals surface area contributed by atoms with Crippen molar-refractivity contribution in [2.45, 2.75) is 32.2 Å². The lowest BCUT2D eigenvalue weighted by Gasteiger charge is -2.36.